The summed E-state index contributed by atoms with van der Waals surface area (Å²) in [7, 11) is 0. The first-order valence-corrected chi connectivity index (χ1v) is 5.50. The van der Waals surface area contributed by atoms with E-state index in [9.17, 15) is 14.4 Å². The monoisotopic (exact) mass is 238 g/mol. The number of hydrogen-bond acceptors (Lipinski definition) is 3. The number of piperazine rings is 1. The first kappa shape index (κ1) is 11.6. The van der Waals surface area contributed by atoms with E-state index in [1.54, 1.807) is 4.90 Å². The number of carboxylic acids is 1. The molecule has 6 heteroatoms. The van der Waals surface area contributed by atoms with Crippen molar-refractivity contribution in [1.29, 1.82) is 0 Å². The molecule has 1 N–H and O–H groups in total. The van der Waals surface area contributed by atoms with Crippen LogP contribution in [0.4, 0.5) is 0 Å². The Hall–Kier alpha value is -1.85. The normalized spacial score (nSPS) is 23.9. The van der Waals surface area contributed by atoms with Gasteiger partial charge in [-0.15, -0.1) is 0 Å². The van der Waals surface area contributed by atoms with E-state index >= 15 is 0 Å². The second-order valence-corrected chi connectivity index (χ2v) is 4.35. The van der Waals surface area contributed by atoms with Gasteiger partial charge in [-0.25, -0.2) is 4.79 Å². The summed E-state index contributed by atoms with van der Waals surface area (Å²) in [6, 6.07) is -0.391. The van der Waals surface area contributed by atoms with Crippen molar-refractivity contribution in [3.8, 4) is 0 Å². The second kappa shape index (κ2) is 4.20. The summed E-state index contributed by atoms with van der Waals surface area (Å²) in [6.07, 6.45) is 1.50. The van der Waals surface area contributed by atoms with Gasteiger partial charge in [-0.1, -0.05) is 6.58 Å². The van der Waals surface area contributed by atoms with Crippen LogP contribution in [0.25, 0.3) is 0 Å². The van der Waals surface area contributed by atoms with Crippen LogP contribution in [0, 0.1) is 0 Å². The molecule has 2 heterocycles. The molecule has 2 fully saturated rings. The van der Waals surface area contributed by atoms with Gasteiger partial charge in [0.2, 0.25) is 11.8 Å². The lowest BCUT2D eigenvalue weighted by atomic mass is 10.1. The molecular weight excluding hydrogens is 224 g/mol. The topological polar surface area (TPSA) is 77.9 Å². The molecule has 0 aromatic heterocycles. The van der Waals surface area contributed by atoms with Crippen LogP contribution in [-0.2, 0) is 14.4 Å². The van der Waals surface area contributed by atoms with Gasteiger partial charge < -0.3 is 14.9 Å². The maximum absolute atomic E-state index is 12.0. The number of hydrogen-bond donors (Lipinski definition) is 1. The minimum Gasteiger partial charge on any atom is -0.478 e. The number of aliphatic carboxylic acids is 1. The summed E-state index contributed by atoms with van der Waals surface area (Å²) >= 11 is 0. The van der Waals surface area contributed by atoms with Crippen LogP contribution in [0.2, 0.25) is 0 Å². The SMILES string of the molecule is C=C(CN1CC(=O)N2CCCC2C1=O)C(=O)O. The van der Waals surface area contributed by atoms with Gasteiger partial charge in [0.05, 0.1) is 6.54 Å². The molecule has 1 atom stereocenters. The van der Waals surface area contributed by atoms with Crippen LogP contribution >= 0.6 is 0 Å². The fourth-order valence-electron chi connectivity index (χ4n) is 2.30. The second-order valence-electron chi connectivity index (χ2n) is 4.35. The Kier molecular flexibility index (Phi) is 2.87. The first-order valence-electron chi connectivity index (χ1n) is 5.50. The molecule has 0 radical (unpaired) electrons. The van der Waals surface area contributed by atoms with E-state index in [1.807, 2.05) is 0 Å². The van der Waals surface area contributed by atoms with Crippen LogP contribution in [0.3, 0.4) is 0 Å². The Morgan fingerprint density at radius 2 is 2.18 bits per heavy atom. The highest BCUT2D eigenvalue weighted by molar-refractivity contribution is 5.96. The Morgan fingerprint density at radius 3 is 2.82 bits per heavy atom. The summed E-state index contributed by atoms with van der Waals surface area (Å²) in [5.74, 6) is -1.41. The number of amides is 2. The molecule has 6 nitrogen and oxygen atoms in total. The first-order chi connectivity index (χ1) is 8.00. The Balaban J connectivity index is 2.09. The van der Waals surface area contributed by atoms with Gasteiger partial charge in [0, 0.05) is 12.1 Å². The largest absolute Gasteiger partial charge is 0.478 e. The summed E-state index contributed by atoms with van der Waals surface area (Å²) < 4.78 is 0. The molecule has 17 heavy (non-hydrogen) atoms. The lowest BCUT2D eigenvalue weighted by Crippen LogP contribution is -2.57. The Labute approximate surface area is 98.5 Å². The van der Waals surface area contributed by atoms with E-state index in [4.69, 9.17) is 5.11 Å². The highest BCUT2D eigenvalue weighted by atomic mass is 16.4. The number of rotatable bonds is 3. The molecule has 0 aliphatic carbocycles. The van der Waals surface area contributed by atoms with Gasteiger partial charge in [-0.05, 0) is 12.8 Å². The summed E-state index contributed by atoms with van der Waals surface area (Å²) in [5.41, 5.74) is -0.0717. The zero-order valence-corrected chi connectivity index (χ0v) is 9.39. The van der Waals surface area contributed by atoms with Crippen LogP contribution in [0.15, 0.2) is 12.2 Å². The summed E-state index contributed by atoms with van der Waals surface area (Å²) in [6.45, 7) is 3.88. The molecule has 2 saturated heterocycles. The van der Waals surface area contributed by atoms with Crippen molar-refractivity contribution in [2.45, 2.75) is 18.9 Å². The van der Waals surface area contributed by atoms with Crippen molar-refractivity contribution in [1.82, 2.24) is 9.80 Å². The molecule has 2 aliphatic heterocycles. The zero-order chi connectivity index (χ0) is 12.6. The third-order valence-electron chi connectivity index (χ3n) is 3.18. The third kappa shape index (κ3) is 2.02. The van der Waals surface area contributed by atoms with Crippen molar-refractivity contribution in [2.24, 2.45) is 0 Å². The zero-order valence-electron chi connectivity index (χ0n) is 9.39. The van der Waals surface area contributed by atoms with Gasteiger partial charge in [-0.2, -0.15) is 0 Å². The predicted octanol–water partition coefficient (Wildman–Crippen LogP) is -0.540. The van der Waals surface area contributed by atoms with Crippen LogP contribution < -0.4 is 0 Å². The van der Waals surface area contributed by atoms with Crippen LogP contribution in [-0.4, -0.2) is 58.4 Å². The van der Waals surface area contributed by atoms with E-state index in [0.717, 1.165) is 6.42 Å². The molecule has 1 unspecified atom stereocenters. The van der Waals surface area contributed by atoms with Crippen molar-refractivity contribution in [2.75, 3.05) is 19.6 Å². The molecule has 2 amide bonds. The quantitative estimate of drug-likeness (QED) is 0.670. The number of carbonyl (C=O) groups excluding carboxylic acids is 2. The summed E-state index contributed by atoms with van der Waals surface area (Å²) in [4.78, 5) is 37.3. The Morgan fingerprint density at radius 1 is 1.47 bits per heavy atom. The predicted molar refractivity (Wildman–Crippen MR) is 58.1 cm³/mol. The molecule has 0 aromatic rings. The van der Waals surface area contributed by atoms with Crippen LogP contribution in [0.5, 0.6) is 0 Å². The van der Waals surface area contributed by atoms with Gasteiger partial charge in [0.1, 0.15) is 12.6 Å². The van der Waals surface area contributed by atoms with E-state index < -0.39 is 12.0 Å². The van der Waals surface area contributed by atoms with E-state index in [0.29, 0.717) is 13.0 Å². The molecule has 2 aliphatic rings. The van der Waals surface area contributed by atoms with E-state index in [1.165, 1.54) is 4.90 Å². The van der Waals surface area contributed by atoms with Gasteiger partial charge >= 0.3 is 5.97 Å². The maximum atomic E-state index is 12.0. The molecule has 0 bridgehead atoms. The molecule has 92 valence electrons. The smallest absolute Gasteiger partial charge is 0.332 e. The van der Waals surface area contributed by atoms with Crippen molar-refractivity contribution < 1.29 is 19.5 Å². The lowest BCUT2D eigenvalue weighted by molar-refractivity contribution is -0.153. The van der Waals surface area contributed by atoms with Gasteiger partial charge in [0.25, 0.3) is 0 Å². The number of fused-ring (bicyclic) bond motifs is 1. The number of carbonyl (C=O) groups is 3. The Bertz CT molecular complexity index is 404. The van der Waals surface area contributed by atoms with E-state index in [2.05, 4.69) is 6.58 Å². The fraction of sp³-hybridized carbons (Fsp3) is 0.545. The van der Waals surface area contributed by atoms with Crippen LogP contribution in [0.1, 0.15) is 12.8 Å². The van der Waals surface area contributed by atoms with Gasteiger partial charge in [-0.3, -0.25) is 9.59 Å². The fourth-order valence-corrected chi connectivity index (χ4v) is 2.30. The standard InChI is InChI=1S/C11H14N2O4/c1-7(11(16)17)5-12-6-9(14)13-4-2-3-8(13)10(12)15/h8H,1-6H2,(H,16,17). The number of carboxylic acid groups (broad SMARTS) is 1. The average molecular weight is 238 g/mol. The number of nitrogens with zero attached hydrogens (tertiary/aromatic N) is 2. The molecule has 0 aromatic carbocycles. The minimum atomic E-state index is -1.14. The van der Waals surface area contributed by atoms with Crippen molar-refractivity contribution in [3.63, 3.8) is 0 Å². The molecule has 0 saturated carbocycles. The van der Waals surface area contributed by atoms with Crippen molar-refractivity contribution >= 4 is 17.8 Å². The highest BCUT2D eigenvalue weighted by Crippen LogP contribution is 2.23. The minimum absolute atomic E-state index is 0.0400. The maximum Gasteiger partial charge on any atom is 0.332 e. The molecular formula is C11H14N2O4. The van der Waals surface area contributed by atoms with E-state index in [-0.39, 0.29) is 30.5 Å². The van der Waals surface area contributed by atoms with Gasteiger partial charge in [0.15, 0.2) is 0 Å². The molecule has 2 rings (SSSR count). The lowest BCUT2D eigenvalue weighted by Gasteiger charge is -2.36. The van der Waals surface area contributed by atoms with Crippen molar-refractivity contribution in [3.05, 3.63) is 12.2 Å². The summed E-state index contributed by atoms with van der Waals surface area (Å²) in [5, 5.41) is 8.72. The highest BCUT2D eigenvalue weighted by Gasteiger charge is 2.41. The third-order valence-corrected chi connectivity index (χ3v) is 3.18. The molecule has 0 spiro atoms. The average Bonchev–Trinajstić information content (AvgIpc) is 2.74.